The first-order chi connectivity index (χ1) is 11.9. The van der Waals surface area contributed by atoms with E-state index in [0.29, 0.717) is 10.6 Å². The maximum absolute atomic E-state index is 13.1. The third-order valence-corrected chi connectivity index (χ3v) is 4.77. The average Bonchev–Trinajstić information content (AvgIpc) is 3.17. The molecule has 1 saturated heterocycles. The molecule has 25 heavy (non-hydrogen) atoms. The van der Waals surface area contributed by atoms with Crippen molar-refractivity contribution in [3.05, 3.63) is 58.9 Å². The highest BCUT2D eigenvalue weighted by molar-refractivity contribution is 6.30. The first-order valence-electron chi connectivity index (χ1n) is 7.56. The van der Waals surface area contributed by atoms with Crippen molar-refractivity contribution in [3.8, 4) is 0 Å². The number of halogens is 1. The van der Waals surface area contributed by atoms with Gasteiger partial charge in [0.2, 0.25) is 11.4 Å². The second kappa shape index (κ2) is 5.29. The van der Waals surface area contributed by atoms with Crippen molar-refractivity contribution >= 4 is 35.2 Å². The molecule has 1 N–H and O–H groups in total. The smallest absolute Gasteiger partial charge is 0.277 e. The molecule has 0 bridgehead atoms. The quantitative estimate of drug-likeness (QED) is 0.643. The Morgan fingerprint density at radius 1 is 1.08 bits per heavy atom. The van der Waals surface area contributed by atoms with Crippen molar-refractivity contribution in [1.29, 1.82) is 0 Å². The Morgan fingerprint density at radius 3 is 2.44 bits per heavy atom. The maximum Gasteiger partial charge on any atom is 0.277 e. The minimum atomic E-state index is -1.74. The fourth-order valence-corrected chi connectivity index (χ4v) is 3.44. The van der Waals surface area contributed by atoms with Crippen molar-refractivity contribution in [3.63, 3.8) is 0 Å². The van der Waals surface area contributed by atoms with Gasteiger partial charge in [-0.1, -0.05) is 23.7 Å². The molecule has 1 atom stereocenters. The zero-order chi connectivity index (χ0) is 17.8. The van der Waals surface area contributed by atoms with Crippen LogP contribution in [-0.2, 0) is 26.5 Å². The molecular weight excluding hydrogens is 346 g/mol. The average molecular weight is 358 g/mol. The van der Waals surface area contributed by atoms with Crippen molar-refractivity contribution in [2.75, 3.05) is 0 Å². The highest BCUT2D eigenvalue weighted by atomic mass is 35.5. The predicted molar refractivity (Wildman–Crippen MR) is 86.5 cm³/mol. The largest absolute Gasteiger partial charge is 0.320 e. The maximum atomic E-state index is 13.1. The Bertz CT molecular complexity index is 934. The zero-order valence-corrected chi connectivity index (χ0v) is 13.6. The van der Waals surface area contributed by atoms with E-state index in [9.17, 15) is 19.2 Å². The monoisotopic (exact) mass is 357 g/mol. The van der Waals surface area contributed by atoms with Crippen LogP contribution in [0.5, 0.6) is 0 Å². The van der Waals surface area contributed by atoms with Gasteiger partial charge in [-0.05, 0) is 29.8 Å². The molecule has 3 heterocycles. The topological polar surface area (TPSA) is 88.5 Å². The Balaban J connectivity index is 1.81. The lowest BCUT2D eigenvalue weighted by Gasteiger charge is -2.37. The molecule has 1 fully saturated rings. The van der Waals surface area contributed by atoms with Gasteiger partial charge in [-0.15, -0.1) is 0 Å². The first kappa shape index (κ1) is 15.6. The van der Waals surface area contributed by atoms with E-state index in [-0.39, 0.29) is 18.7 Å². The summed E-state index contributed by atoms with van der Waals surface area (Å²) in [7, 11) is 0. The molecule has 4 rings (SSSR count). The Morgan fingerprint density at radius 2 is 1.80 bits per heavy atom. The SMILES string of the molecule is O=C1CC2(C(=O)N1)C(=O)N(Cc1ccc(Cl)cc1)C(=O)c1cccn12. The van der Waals surface area contributed by atoms with Gasteiger partial charge in [-0.2, -0.15) is 0 Å². The summed E-state index contributed by atoms with van der Waals surface area (Å²) in [4.78, 5) is 51.1. The zero-order valence-electron chi connectivity index (χ0n) is 12.9. The molecule has 1 unspecified atom stereocenters. The van der Waals surface area contributed by atoms with Gasteiger partial charge in [0.15, 0.2) is 0 Å². The fraction of sp³-hybridized carbons (Fsp3) is 0.176. The van der Waals surface area contributed by atoms with E-state index in [0.717, 1.165) is 4.90 Å². The lowest BCUT2D eigenvalue weighted by molar-refractivity contribution is -0.147. The molecule has 1 aromatic heterocycles. The normalized spacial score (nSPS) is 22.5. The van der Waals surface area contributed by atoms with E-state index in [1.165, 1.54) is 16.8 Å². The summed E-state index contributed by atoms with van der Waals surface area (Å²) in [6.45, 7) is -0.0107. The predicted octanol–water partition coefficient (Wildman–Crippen LogP) is 1.07. The first-order valence-corrected chi connectivity index (χ1v) is 7.94. The number of hydrogen-bond donors (Lipinski definition) is 1. The van der Waals surface area contributed by atoms with Gasteiger partial charge in [0.05, 0.1) is 13.0 Å². The minimum Gasteiger partial charge on any atom is -0.320 e. The van der Waals surface area contributed by atoms with Crippen LogP contribution in [0.25, 0.3) is 0 Å². The molecular formula is C17H12ClN3O4. The van der Waals surface area contributed by atoms with E-state index in [2.05, 4.69) is 5.32 Å². The van der Waals surface area contributed by atoms with Crippen LogP contribution < -0.4 is 5.32 Å². The molecule has 4 amide bonds. The summed E-state index contributed by atoms with van der Waals surface area (Å²) in [5.41, 5.74) is -0.861. The van der Waals surface area contributed by atoms with Crippen LogP contribution in [0.3, 0.4) is 0 Å². The molecule has 0 saturated carbocycles. The van der Waals surface area contributed by atoms with E-state index in [1.807, 2.05) is 0 Å². The Hall–Kier alpha value is -2.93. The third-order valence-electron chi connectivity index (χ3n) is 4.52. The highest BCUT2D eigenvalue weighted by Crippen LogP contribution is 2.36. The number of carbonyl (C=O) groups excluding carboxylic acids is 4. The van der Waals surface area contributed by atoms with Gasteiger partial charge in [-0.3, -0.25) is 29.4 Å². The summed E-state index contributed by atoms with van der Waals surface area (Å²) < 4.78 is 1.30. The molecule has 7 nitrogen and oxygen atoms in total. The number of aromatic nitrogens is 1. The second-order valence-electron chi connectivity index (χ2n) is 6.00. The molecule has 1 aromatic carbocycles. The Kier molecular flexibility index (Phi) is 3.30. The lowest BCUT2D eigenvalue weighted by Crippen LogP contribution is -2.60. The number of fused-ring (bicyclic) bond motifs is 2. The second-order valence-corrected chi connectivity index (χ2v) is 6.44. The van der Waals surface area contributed by atoms with Gasteiger partial charge in [0, 0.05) is 11.2 Å². The fourth-order valence-electron chi connectivity index (χ4n) is 3.32. The number of amides is 4. The summed E-state index contributed by atoms with van der Waals surface area (Å²) in [5.74, 6) is -2.48. The number of rotatable bonds is 2. The number of carbonyl (C=O) groups is 4. The molecule has 2 aliphatic rings. The number of imide groups is 2. The van der Waals surface area contributed by atoms with Crippen LogP contribution >= 0.6 is 11.6 Å². The van der Waals surface area contributed by atoms with Crippen LogP contribution in [0.15, 0.2) is 42.6 Å². The van der Waals surface area contributed by atoms with Gasteiger partial charge >= 0.3 is 0 Å². The standard InChI is InChI=1S/C17H12ClN3O4/c18-11-5-3-10(4-6-11)9-20-14(23)12-2-1-7-21(12)17(16(20)25)8-13(22)19-15(17)24/h1-7H,8-9H2,(H,19,22,24). The summed E-state index contributed by atoms with van der Waals surface area (Å²) in [6, 6.07) is 9.80. The lowest BCUT2D eigenvalue weighted by atomic mass is 9.91. The van der Waals surface area contributed by atoms with E-state index >= 15 is 0 Å². The van der Waals surface area contributed by atoms with Crippen LogP contribution in [0.4, 0.5) is 0 Å². The van der Waals surface area contributed by atoms with Crippen LogP contribution in [0.1, 0.15) is 22.5 Å². The number of benzene rings is 1. The van der Waals surface area contributed by atoms with E-state index in [4.69, 9.17) is 11.6 Å². The Labute approximate surface area is 147 Å². The van der Waals surface area contributed by atoms with Crippen molar-refractivity contribution < 1.29 is 19.2 Å². The summed E-state index contributed by atoms with van der Waals surface area (Å²) in [5, 5.41) is 2.70. The van der Waals surface area contributed by atoms with E-state index in [1.54, 1.807) is 30.3 Å². The van der Waals surface area contributed by atoms with Gasteiger partial charge in [-0.25, -0.2) is 0 Å². The number of hydrogen-bond acceptors (Lipinski definition) is 4. The van der Waals surface area contributed by atoms with Gasteiger partial charge in [0.1, 0.15) is 5.69 Å². The van der Waals surface area contributed by atoms with Crippen LogP contribution in [0.2, 0.25) is 5.02 Å². The molecule has 1 spiro atoms. The summed E-state index contributed by atoms with van der Waals surface area (Å²) >= 11 is 5.86. The molecule has 2 aromatic rings. The van der Waals surface area contributed by atoms with Gasteiger partial charge in [0.25, 0.3) is 17.7 Å². The van der Waals surface area contributed by atoms with Crippen molar-refractivity contribution in [2.45, 2.75) is 18.5 Å². The molecule has 0 radical (unpaired) electrons. The minimum absolute atomic E-state index is 0.0107. The van der Waals surface area contributed by atoms with Crippen LogP contribution in [0, 0.1) is 0 Å². The summed E-state index contributed by atoms with van der Waals surface area (Å²) in [6.07, 6.45) is 1.15. The van der Waals surface area contributed by atoms with Crippen molar-refractivity contribution in [1.82, 2.24) is 14.8 Å². The third kappa shape index (κ3) is 2.12. The number of nitrogens with zero attached hydrogens (tertiary/aromatic N) is 2. The molecule has 8 heteroatoms. The highest BCUT2D eigenvalue weighted by Gasteiger charge is 2.60. The van der Waals surface area contributed by atoms with Crippen LogP contribution in [-0.4, -0.2) is 33.1 Å². The molecule has 126 valence electrons. The van der Waals surface area contributed by atoms with Gasteiger partial charge < -0.3 is 4.57 Å². The number of nitrogens with one attached hydrogen (secondary N) is 1. The van der Waals surface area contributed by atoms with E-state index < -0.39 is 29.2 Å². The molecule has 0 aliphatic carbocycles. The molecule has 2 aliphatic heterocycles. The van der Waals surface area contributed by atoms with Crippen molar-refractivity contribution in [2.24, 2.45) is 0 Å².